The Bertz CT molecular complexity index is 599. The van der Waals surface area contributed by atoms with Gasteiger partial charge < -0.3 is 9.52 Å². The van der Waals surface area contributed by atoms with Gasteiger partial charge in [-0.15, -0.1) is 0 Å². The van der Waals surface area contributed by atoms with E-state index < -0.39 is 6.10 Å². The SMILES string of the molecule is Cc1nc(CN2CCN(C[C@@H](O)c3ccccc3)CC2)oc1C. The Kier molecular flexibility index (Phi) is 5.10. The van der Waals surface area contributed by atoms with Crippen molar-refractivity contribution >= 4 is 0 Å². The first-order valence-electron chi connectivity index (χ1n) is 8.22. The molecular weight excluding hydrogens is 290 g/mol. The summed E-state index contributed by atoms with van der Waals surface area (Å²) in [6.45, 7) is 9.26. The van der Waals surface area contributed by atoms with Crippen LogP contribution in [0.5, 0.6) is 0 Å². The van der Waals surface area contributed by atoms with Crippen molar-refractivity contribution < 1.29 is 9.52 Å². The topological polar surface area (TPSA) is 52.7 Å². The van der Waals surface area contributed by atoms with Gasteiger partial charge in [-0.25, -0.2) is 4.98 Å². The fraction of sp³-hybridized carbons (Fsp3) is 0.500. The first-order valence-corrected chi connectivity index (χ1v) is 8.22. The molecule has 1 aliphatic rings. The normalized spacial score (nSPS) is 18.2. The van der Waals surface area contributed by atoms with Crippen molar-refractivity contribution in [1.82, 2.24) is 14.8 Å². The molecule has 0 saturated carbocycles. The monoisotopic (exact) mass is 315 g/mol. The Morgan fingerprint density at radius 3 is 2.35 bits per heavy atom. The van der Waals surface area contributed by atoms with Crippen LogP contribution in [0.25, 0.3) is 0 Å². The highest BCUT2D eigenvalue weighted by atomic mass is 16.4. The van der Waals surface area contributed by atoms with Crippen LogP contribution in [0.4, 0.5) is 0 Å². The lowest BCUT2D eigenvalue weighted by molar-refractivity contribution is 0.0670. The predicted octanol–water partition coefficient (Wildman–Crippen LogP) is 2.14. The highest BCUT2D eigenvalue weighted by molar-refractivity contribution is 5.17. The Labute approximate surface area is 137 Å². The van der Waals surface area contributed by atoms with Gasteiger partial charge in [-0.3, -0.25) is 9.80 Å². The number of aliphatic hydroxyl groups excluding tert-OH is 1. The second-order valence-electron chi connectivity index (χ2n) is 6.25. The number of hydrogen-bond acceptors (Lipinski definition) is 5. The minimum absolute atomic E-state index is 0.417. The van der Waals surface area contributed by atoms with Crippen LogP contribution in [0.2, 0.25) is 0 Å². The van der Waals surface area contributed by atoms with Crippen molar-refractivity contribution in [1.29, 1.82) is 0 Å². The Hall–Kier alpha value is -1.69. The van der Waals surface area contributed by atoms with Crippen molar-refractivity contribution in [3.8, 4) is 0 Å². The fourth-order valence-corrected chi connectivity index (χ4v) is 2.95. The standard InChI is InChI=1S/C18H25N3O2/c1-14-15(2)23-18(19-14)13-21-10-8-20(9-11-21)12-17(22)16-6-4-3-5-7-16/h3-7,17,22H,8-13H2,1-2H3/t17-/m1/s1. The summed E-state index contributed by atoms with van der Waals surface area (Å²) in [6.07, 6.45) is -0.417. The van der Waals surface area contributed by atoms with Crippen molar-refractivity contribution in [2.75, 3.05) is 32.7 Å². The van der Waals surface area contributed by atoms with Crippen LogP contribution < -0.4 is 0 Å². The van der Waals surface area contributed by atoms with E-state index in [4.69, 9.17) is 4.42 Å². The number of oxazole rings is 1. The van der Waals surface area contributed by atoms with E-state index in [1.54, 1.807) is 0 Å². The summed E-state index contributed by atoms with van der Waals surface area (Å²) in [7, 11) is 0. The highest BCUT2D eigenvalue weighted by Gasteiger charge is 2.21. The van der Waals surface area contributed by atoms with Crippen LogP contribution in [0.3, 0.4) is 0 Å². The number of aromatic nitrogens is 1. The van der Waals surface area contributed by atoms with Crippen LogP contribution in [0.15, 0.2) is 34.7 Å². The molecule has 1 atom stereocenters. The Morgan fingerprint density at radius 2 is 1.74 bits per heavy atom. The van der Waals surface area contributed by atoms with Crippen molar-refractivity contribution in [3.05, 3.63) is 53.2 Å². The van der Waals surface area contributed by atoms with Crippen LogP contribution in [0, 0.1) is 13.8 Å². The van der Waals surface area contributed by atoms with Gasteiger partial charge in [0.1, 0.15) is 5.76 Å². The summed E-state index contributed by atoms with van der Waals surface area (Å²) in [5, 5.41) is 10.3. The molecule has 1 aromatic heterocycles. The van der Waals surface area contributed by atoms with E-state index in [0.29, 0.717) is 6.54 Å². The molecule has 3 rings (SSSR count). The maximum Gasteiger partial charge on any atom is 0.208 e. The van der Waals surface area contributed by atoms with Crippen LogP contribution in [-0.2, 0) is 6.54 Å². The van der Waals surface area contributed by atoms with E-state index >= 15 is 0 Å². The van der Waals surface area contributed by atoms with Crippen LogP contribution in [-0.4, -0.2) is 52.6 Å². The summed E-state index contributed by atoms with van der Waals surface area (Å²) < 4.78 is 5.66. The molecule has 23 heavy (non-hydrogen) atoms. The quantitative estimate of drug-likeness (QED) is 0.916. The average molecular weight is 315 g/mol. The highest BCUT2D eigenvalue weighted by Crippen LogP contribution is 2.16. The Morgan fingerprint density at radius 1 is 1.09 bits per heavy atom. The van der Waals surface area contributed by atoms with E-state index in [1.165, 1.54) is 0 Å². The van der Waals surface area contributed by atoms with E-state index in [1.807, 2.05) is 44.2 Å². The number of β-amino-alcohol motifs (C(OH)–C–C–N with tert-alkyl or cyclic N) is 1. The van der Waals surface area contributed by atoms with Crippen LogP contribution in [0.1, 0.15) is 29.0 Å². The molecule has 0 bridgehead atoms. The van der Waals surface area contributed by atoms with Gasteiger partial charge in [0.2, 0.25) is 5.89 Å². The van der Waals surface area contributed by atoms with Gasteiger partial charge in [0.15, 0.2) is 0 Å². The third kappa shape index (κ3) is 4.19. The second-order valence-corrected chi connectivity index (χ2v) is 6.25. The molecule has 2 aromatic rings. The number of hydrogen-bond donors (Lipinski definition) is 1. The zero-order valence-corrected chi connectivity index (χ0v) is 13.9. The van der Waals surface area contributed by atoms with Crippen molar-refractivity contribution in [3.63, 3.8) is 0 Å². The molecule has 5 nitrogen and oxygen atoms in total. The van der Waals surface area contributed by atoms with Crippen molar-refractivity contribution in [2.24, 2.45) is 0 Å². The van der Waals surface area contributed by atoms with E-state index in [0.717, 1.165) is 55.6 Å². The van der Waals surface area contributed by atoms with Gasteiger partial charge >= 0.3 is 0 Å². The molecule has 1 saturated heterocycles. The summed E-state index contributed by atoms with van der Waals surface area (Å²) in [5.41, 5.74) is 1.96. The molecule has 1 fully saturated rings. The molecule has 5 heteroatoms. The molecule has 0 amide bonds. The fourth-order valence-electron chi connectivity index (χ4n) is 2.95. The molecule has 0 aliphatic carbocycles. The third-order valence-corrected chi connectivity index (χ3v) is 4.51. The van der Waals surface area contributed by atoms with Gasteiger partial charge in [-0.2, -0.15) is 0 Å². The number of benzene rings is 1. The lowest BCUT2D eigenvalue weighted by Crippen LogP contribution is -2.47. The smallest absolute Gasteiger partial charge is 0.208 e. The molecule has 124 valence electrons. The lowest BCUT2D eigenvalue weighted by Gasteiger charge is -2.35. The van der Waals surface area contributed by atoms with E-state index in [-0.39, 0.29) is 0 Å². The first-order chi connectivity index (χ1) is 11.1. The summed E-state index contributed by atoms with van der Waals surface area (Å²) in [6, 6.07) is 9.87. The summed E-state index contributed by atoms with van der Waals surface area (Å²) in [5.74, 6) is 1.71. The summed E-state index contributed by atoms with van der Waals surface area (Å²) >= 11 is 0. The van der Waals surface area contributed by atoms with Gasteiger partial charge in [-0.05, 0) is 19.4 Å². The molecule has 1 N–H and O–H groups in total. The van der Waals surface area contributed by atoms with Gasteiger partial charge in [0.05, 0.1) is 18.3 Å². The lowest BCUT2D eigenvalue weighted by atomic mass is 10.1. The minimum Gasteiger partial charge on any atom is -0.444 e. The maximum atomic E-state index is 10.3. The number of rotatable bonds is 5. The zero-order chi connectivity index (χ0) is 16.2. The van der Waals surface area contributed by atoms with Crippen LogP contribution >= 0.6 is 0 Å². The summed E-state index contributed by atoms with van der Waals surface area (Å²) in [4.78, 5) is 9.13. The number of aryl methyl sites for hydroxylation is 2. The Balaban J connectivity index is 1.47. The third-order valence-electron chi connectivity index (χ3n) is 4.51. The largest absolute Gasteiger partial charge is 0.444 e. The molecule has 0 spiro atoms. The maximum absolute atomic E-state index is 10.3. The second kappa shape index (κ2) is 7.25. The van der Waals surface area contributed by atoms with Gasteiger partial charge in [-0.1, -0.05) is 30.3 Å². The average Bonchev–Trinajstić information content (AvgIpc) is 2.88. The van der Waals surface area contributed by atoms with Gasteiger partial charge in [0.25, 0.3) is 0 Å². The zero-order valence-electron chi connectivity index (χ0n) is 13.9. The van der Waals surface area contributed by atoms with Gasteiger partial charge in [0, 0.05) is 32.7 Å². The van der Waals surface area contributed by atoms with Crippen molar-refractivity contribution in [2.45, 2.75) is 26.5 Å². The molecule has 1 aromatic carbocycles. The van der Waals surface area contributed by atoms with E-state index in [2.05, 4.69) is 14.8 Å². The number of piperazine rings is 1. The number of aliphatic hydroxyl groups is 1. The number of nitrogens with zero attached hydrogens (tertiary/aromatic N) is 3. The molecule has 0 radical (unpaired) electrons. The van der Waals surface area contributed by atoms with E-state index in [9.17, 15) is 5.11 Å². The molecule has 0 unspecified atom stereocenters. The first kappa shape index (κ1) is 16.2. The molecule has 1 aliphatic heterocycles. The molecule has 2 heterocycles. The predicted molar refractivity (Wildman–Crippen MR) is 89.1 cm³/mol. The minimum atomic E-state index is -0.417. The molecular formula is C18H25N3O2.